The number of rotatable bonds is 2. The number of terminal acetylenes is 1. The molecular formula is C12H14O. The Morgan fingerprint density at radius 3 is 2.77 bits per heavy atom. The summed E-state index contributed by atoms with van der Waals surface area (Å²) in [5, 5.41) is 9.02. The van der Waals surface area contributed by atoms with Crippen LogP contribution in [0.5, 0.6) is 0 Å². The SMILES string of the molecule is C#Cc1cccc(C(C)CO)c1C. The van der Waals surface area contributed by atoms with Crippen LogP contribution in [0.4, 0.5) is 0 Å². The molecule has 1 nitrogen and oxygen atoms in total. The van der Waals surface area contributed by atoms with Gasteiger partial charge in [-0.25, -0.2) is 0 Å². The molecule has 0 aliphatic heterocycles. The van der Waals surface area contributed by atoms with Crippen molar-refractivity contribution in [2.24, 2.45) is 0 Å². The number of hydrogen-bond donors (Lipinski definition) is 1. The third kappa shape index (κ3) is 1.91. The molecule has 0 fully saturated rings. The van der Waals surface area contributed by atoms with Crippen molar-refractivity contribution in [2.45, 2.75) is 19.8 Å². The number of benzene rings is 1. The van der Waals surface area contributed by atoms with Gasteiger partial charge in [-0.05, 0) is 24.1 Å². The summed E-state index contributed by atoms with van der Waals surface area (Å²) in [6.07, 6.45) is 5.35. The monoisotopic (exact) mass is 174 g/mol. The maximum Gasteiger partial charge on any atom is 0.0497 e. The second kappa shape index (κ2) is 4.11. The number of hydrogen-bond acceptors (Lipinski definition) is 1. The third-order valence-corrected chi connectivity index (χ3v) is 2.34. The molecule has 1 rings (SSSR count). The average Bonchev–Trinajstić information content (AvgIpc) is 2.17. The topological polar surface area (TPSA) is 20.2 Å². The van der Waals surface area contributed by atoms with Crippen molar-refractivity contribution in [3.8, 4) is 12.3 Å². The predicted octanol–water partition coefficient (Wildman–Crippen LogP) is 2.07. The van der Waals surface area contributed by atoms with Gasteiger partial charge in [-0.2, -0.15) is 0 Å². The lowest BCUT2D eigenvalue weighted by molar-refractivity contribution is 0.272. The molecule has 1 aromatic carbocycles. The van der Waals surface area contributed by atoms with E-state index in [1.807, 2.05) is 32.0 Å². The van der Waals surface area contributed by atoms with Crippen LogP contribution < -0.4 is 0 Å². The van der Waals surface area contributed by atoms with E-state index in [1.165, 1.54) is 0 Å². The Bertz CT molecular complexity index is 333. The second-order valence-corrected chi connectivity index (χ2v) is 3.25. The minimum Gasteiger partial charge on any atom is -0.396 e. The molecule has 0 radical (unpaired) electrons. The molecule has 1 atom stereocenters. The Labute approximate surface area is 79.4 Å². The summed E-state index contributed by atoms with van der Waals surface area (Å²) in [6.45, 7) is 4.15. The van der Waals surface area contributed by atoms with Gasteiger partial charge in [0.05, 0.1) is 0 Å². The molecule has 68 valence electrons. The van der Waals surface area contributed by atoms with Crippen molar-refractivity contribution >= 4 is 0 Å². The fourth-order valence-electron chi connectivity index (χ4n) is 1.44. The van der Waals surface area contributed by atoms with E-state index in [0.717, 1.165) is 16.7 Å². The lowest BCUT2D eigenvalue weighted by atomic mass is 9.94. The normalized spacial score (nSPS) is 12.2. The van der Waals surface area contributed by atoms with Crippen LogP contribution in [0.1, 0.15) is 29.5 Å². The van der Waals surface area contributed by atoms with E-state index in [2.05, 4.69) is 5.92 Å². The molecule has 0 spiro atoms. The zero-order valence-corrected chi connectivity index (χ0v) is 8.04. The summed E-state index contributed by atoms with van der Waals surface area (Å²) in [7, 11) is 0. The molecule has 0 saturated heterocycles. The van der Waals surface area contributed by atoms with Gasteiger partial charge in [0.25, 0.3) is 0 Å². The molecule has 1 N–H and O–H groups in total. The summed E-state index contributed by atoms with van der Waals surface area (Å²) in [6, 6.07) is 5.86. The van der Waals surface area contributed by atoms with E-state index in [9.17, 15) is 0 Å². The van der Waals surface area contributed by atoms with Gasteiger partial charge in [-0.15, -0.1) is 6.42 Å². The van der Waals surface area contributed by atoms with Crippen molar-refractivity contribution in [1.82, 2.24) is 0 Å². The van der Waals surface area contributed by atoms with Gasteiger partial charge in [-0.3, -0.25) is 0 Å². The minimum atomic E-state index is 0.160. The fraction of sp³-hybridized carbons (Fsp3) is 0.333. The van der Waals surface area contributed by atoms with Gasteiger partial charge < -0.3 is 5.11 Å². The Morgan fingerprint density at radius 2 is 2.23 bits per heavy atom. The fourth-order valence-corrected chi connectivity index (χ4v) is 1.44. The van der Waals surface area contributed by atoms with Gasteiger partial charge in [0.2, 0.25) is 0 Å². The molecule has 0 bridgehead atoms. The van der Waals surface area contributed by atoms with Crippen molar-refractivity contribution in [3.63, 3.8) is 0 Å². The summed E-state index contributed by atoms with van der Waals surface area (Å²) in [5.74, 6) is 2.79. The predicted molar refractivity (Wildman–Crippen MR) is 54.6 cm³/mol. The minimum absolute atomic E-state index is 0.160. The number of aliphatic hydroxyl groups is 1. The van der Waals surface area contributed by atoms with Crippen LogP contribution in [-0.2, 0) is 0 Å². The van der Waals surface area contributed by atoms with E-state index in [1.54, 1.807) is 0 Å². The summed E-state index contributed by atoms with van der Waals surface area (Å²) in [4.78, 5) is 0. The number of aliphatic hydroxyl groups excluding tert-OH is 1. The van der Waals surface area contributed by atoms with Gasteiger partial charge in [0, 0.05) is 18.1 Å². The van der Waals surface area contributed by atoms with Crippen LogP contribution >= 0.6 is 0 Å². The van der Waals surface area contributed by atoms with E-state index in [4.69, 9.17) is 11.5 Å². The smallest absolute Gasteiger partial charge is 0.0497 e. The van der Waals surface area contributed by atoms with Crippen molar-refractivity contribution < 1.29 is 5.11 Å². The molecule has 0 aromatic heterocycles. The summed E-state index contributed by atoms with van der Waals surface area (Å²) in [5.41, 5.74) is 3.15. The van der Waals surface area contributed by atoms with Crippen molar-refractivity contribution in [1.29, 1.82) is 0 Å². The Morgan fingerprint density at radius 1 is 1.54 bits per heavy atom. The lowest BCUT2D eigenvalue weighted by Crippen LogP contribution is -2.02. The van der Waals surface area contributed by atoms with Crippen LogP contribution in [0.2, 0.25) is 0 Å². The molecule has 1 heteroatoms. The van der Waals surface area contributed by atoms with Crippen LogP contribution in [0.25, 0.3) is 0 Å². The second-order valence-electron chi connectivity index (χ2n) is 3.25. The van der Waals surface area contributed by atoms with Crippen molar-refractivity contribution in [2.75, 3.05) is 6.61 Å². The zero-order valence-electron chi connectivity index (χ0n) is 8.04. The van der Waals surface area contributed by atoms with Gasteiger partial charge in [0.15, 0.2) is 0 Å². The maximum absolute atomic E-state index is 9.02. The van der Waals surface area contributed by atoms with E-state index in [0.29, 0.717) is 0 Å². The summed E-state index contributed by atoms with van der Waals surface area (Å²) >= 11 is 0. The third-order valence-electron chi connectivity index (χ3n) is 2.34. The molecular weight excluding hydrogens is 160 g/mol. The molecule has 0 amide bonds. The highest BCUT2D eigenvalue weighted by Crippen LogP contribution is 2.21. The van der Waals surface area contributed by atoms with Crippen LogP contribution in [0.15, 0.2) is 18.2 Å². The van der Waals surface area contributed by atoms with Gasteiger partial charge >= 0.3 is 0 Å². The first-order chi connectivity index (χ1) is 6.20. The standard InChI is InChI=1S/C12H14O/c1-4-11-6-5-7-12(10(11)3)9(2)8-13/h1,5-7,9,13H,8H2,2-3H3. The zero-order chi connectivity index (χ0) is 9.84. The molecule has 0 heterocycles. The Hall–Kier alpha value is -1.26. The molecule has 0 aliphatic carbocycles. The highest BCUT2D eigenvalue weighted by Gasteiger charge is 2.08. The van der Waals surface area contributed by atoms with Crippen LogP contribution in [-0.4, -0.2) is 11.7 Å². The largest absolute Gasteiger partial charge is 0.396 e. The first kappa shape index (κ1) is 9.83. The highest BCUT2D eigenvalue weighted by atomic mass is 16.3. The van der Waals surface area contributed by atoms with Gasteiger partial charge in [-0.1, -0.05) is 25.0 Å². The molecule has 13 heavy (non-hydrogen) atoms. The highest BCUT2D eigenvalue weighted by molar-refractivity contribution is 5.44. The Balaban J connectivity index is 3.17. The molecule has 0 aliphatic rings. The lowest BCUT2D eigenvalue weighted by Gasteiger charge is -2.12. The summed E-state index contributed by atoms with van der Waals surface area (Å²) < 4.78 is 0. The first-order valence-corrected chi connectivity index (χ1v) is 4.37. The molecule has 1 aromatic rings. The maximum atomic E-state index is 9.02. The quantitative estimate of drug-likeness (QED) is 0.680. The van der Waals surface area contributed by atoms with Crippen molar-refractivity contribution in [3.05, 3.63) is 34.9 Å². The van der Waals surface area contributed by atoms with Crippen LogP contribution in [0, 0.1) is 19.3 Å². The average molecular weight is 174 g/mol. The Kier molecular flexibility index (Phi) is 3.11. The molecule has 0 saturated carbocycles. The van der Waals surface area contributed by atoms with E-state index >= 15 is 0 Å². The van der Waals surface area contributed by atoms with E-state index in [-0.39, 0.29) is 12.5 Å². The van der Waals surface area contributed by atoms with Gasteiger partial charge in [0.1, 0.15) is 0 Å². The van der Waals surface area contributed by atoms with Crippen LogP contribution in [0.3, 0.4) is 0 Å². The first-order valence-electron chi connectivity index (χ1n) is 4.37. The van der Waals surface area contributed by atoms with E-state index < -0.39 is 0 Å². The molecule has 1 unspecified atom stereocenters.